The summed E-state index contributed by atoms with van der Waals surface area (Å²) in [6.45, 7) is 2.34. The molecule has 8 heavy (non-hydrogen) atoms. The van der Waals surface area contributed by atoms with E-state index in [0.29, 0.717) is 6.61 Å². The van der Waals surface area contributed by atoms with Crippen LogP contribution in [0.3, 0.4) is 0 Å². The topological polar surface area (TPSA) is 38.7 Å². The fourth-order valence-corrected chi connectivity index (χ4v) is 0.495. The Morgan fingerprint density at radius 1 is 1.75 bits per heavy atom. The van der Waals surface area contributed by atoms with Crippen molar-refractivity contribution < 1.29 is 14.3 Å². The van der Waals surface area contributed by atoms with Gasteiger partial charge in [-0.3, -0.25) is 0 Å². The maximum absolute atomic E-state index is 8.46. The van der Waals surface area contributed by atoms with Crippen molar-refractivity contribution in [2.24, 2.45) is 0 Å². The quantitative estimate of drug-likeness (QED) is 0.412. The first-order valence-electron chi connectivity index (χ1n) is 2.24. The van der Waals surface area contributed by atoms with Gasteiger partial charge in [-0.1, -0.05) is 0 Å². The zero-order valence-electron chi connectivity index (χ0n) is 4.13. The van der Waals surface area contributed by atoms with E-state index < -0.39 is 7.32 Å². The molecule has 1 heterocycles. The van der Waals surface area contributed by atoms with E-state index in [2.05, 4.69) is 4.65 Å². The van der Waals surface area contributed by atoms with Crippen molar-refractivity contribution in [1.29, 1.82) is 0 Å². The normalized spacial score (nSPS) is 27.8. The third-order valence-corrected chi connectivity index (χ3v) is 0.822. The second-order valence-corrected chi connectivity index (χ2v) is 1.59. The third-order valence-electron chi connectivity index (χ3n) is 0.822. The molecule has 0 bridgehead atoms. The maximum atomic E-state index is 8.46. The summed E-state index contributed by atoms with van der Waals surface area (Å²) >= 11 is 0. The van der Waals surface area contributed by atoms with Crippen LogP contribution in [0.5, 0.6) is 0 Å². The molecule has 1 unspecified atom stereocenters. The summed E-state index contributed by atoms with van der Waals surface area (Å²) in [4.78, 5) is 0. The van der Waals surface area contributed by atoms with Crippen LogP contribution in [0.2, 0.25) is 0 Å². The van der Waals surface area contributed by atoms with Gasteiger partial charge in [0.2, 0.25) is 0 Å². The zero-order chi connectivity index (χ0) is 5.28. The van der Waals surface area contributed by atoms with Crippen LogP contribution in [0, 0.1) is 0 Å². The van der Waals surface area contributed by atoms with E-state index in [1.165, 1.54) is 0 Å². The molecule has 1 aliphatic rings. The number of rotatable bonds is 0. The van der Waals surface area contributed by atoms with Crippen molar-refractivity contribution in [3.8, 4) is 0 Å². The molecule has 3 nitrogen and oxygen atoms in total. The Balaban J connectivity index is 0.000000490. The minimum atomic E-state index is -0.977. The summed E-state index contributed by atoms with van der Waals surface area (Å²) in [6, 6.07) is 0. The summed E-state index contributed by atoms with van der Waals surface area (Å²) in [5, 5.41) is 8.46. The van der Waals surface area contributed by atoms with Gasteiger partial charge in [0.1, 0.15) is 0 Å². The van der Waals surface area contributed by atoms with Crippen LogP contribution in [-0.2, 0) is 9.31 Å². The minimum absolute atomic E-state index is 0. The monoisotopic (exact) mass is 126 g/mol. The van der Waals surface area contributed by atoms with Crippen LogP contribution in [0.15, 0.2) is 0 Å². The first-order valence-corrected chi connectivity index (χ1v) is 2.24. The second-order valence-electron chi connectivity index (χ2n) is 1.59. The standard InChI is InChI=1S/C3H7BO3.Na.H/c1-3-2-6-4(5)7-3;;/h3,5H,2H2,1H3;;. The van der Waals surface area contributed by atoms with E-state index in [-0.39, 0.29) is 35.7 Å². The summed E-state index contributed by atoms with van der Waals surface area (Å²) < 4.78 is 9.29. The summed E-state index contributed by atoms with van der Waals surface area (Å²) in [7, 11) is -0.977. The first kappa shape index (κ1) is 8.94. The molecular weight excluding hydrogens is 118 g/mol. The molecule has 0 amide bonds. The van der Waals surface area contributed by atoms with Gasteiger partial charge < -0.3 is 14.3 Å². The Labute approximate surface area is 70.8 Å². The Bertz CT molecular complexity index is 63.5. The Hall–Kier alpha value is 0.945. The predicted octanol–water partition coefficient (Wildman–Crippen LogP) is -1.25. The average Bonchev–Trinajstić information content (AvgIpc) is 1.87. The van der Waals surface area contributed by atoms with Gasteiger partial charge in [0, 0.05) is 0 Å². The molecule has 1 rings (SSSR count). The van der Waals surface area contributed by atoms with Crippen molar-refractivity contribution in [2.75, 3.05) is 6.61 Å². The molecule has 5 heteroatoms. The fraction of sp³-hybridized carbons (Fsp3) is 1.00. The van der Waals surface area contributed by atoms with E-state index >= 15 is 0 Å². The van der Waals surface area contributed by atoms with Gasteiger partial charge >= 0.3 is 36.9 Å². The van der Waals surface area contributed by atoms with Gasteiger partial charge in [-0.05, 0) is 6.92 Å². The SMILES string of the molecule is CC1COB(O)O1.[NaH]. The van der Waals surface area contributed by atoms with Gasteiger partial charge in [-0.15, -0.1) is 0 Å². The van der Waals surface area contributed by atoms with Gasteiger partial charge in [-0.2, -0.15) is 0 Å². The van der Waals surface area contributed by atoms with E-state index in [0.717, 1.165) is 0 Å². The molecule has 42 valence electrons. The van der Waals surface area contributed by atoms with Crippen molar-refractivity contribution >= 4 is 36.9 Å². The predicted molar refractivity (Wildman–Crippen MR) is 31.6 cm³/mol. The zero-order valence-corrected chi connectivity index (χ0v) is 4.13. The van der Waals surface area contributed by atoms with Crippen molar-refractivity contribution in [1.82, 2.24) is 0 Å². The third kappa shape index (κ3) is 2.48. The summed E-state index contributed by atoms with van der Waals surface area (Å²) in [5.74, 6) is 0. The Kier molecular flexibility index (Phi) is 4.33. The molecule has 0 aromatic rings. The molecule has 1 saturated heterocycles. The Morgan fingerprint density at radius 2 is 2.38 bits per heavy atom. The molecule has 1 fully saturated rings. The molecule has 0 saturated carbocycles. The average molecular weight is 126 g/mol. The van der Waals surface area contributed by atoms with Crippen LogP contribution < -0.4 is 0 Å². The van der Waals surface area contributed by atoms with E-state index in [1.54, 1.807) is 0 Å². The molecule has 0 aliphatic carbocycles. The van der Waals surface area contributed by atoms with Crippen LogP contribution in [-0.4, -0.2) is 54.6 Å². The van der Waals surface area contributed by atoms with Crippen molar-refractivity contribution in [3.05, 3.63) is 0 Å². The fourth-order valence-electron chi connectivity index (χ4n) is 0.495. The van der Waals surface area contributed by atoms with Crippen LogP contribution in [0.4, 0.5) is 0 Å². The van der Waals surface area contributed by atoms with Crippen LogP contribution in [0.1, 0.15) is 6.92 Å². The molecule has 1 atom stereocenters. The molecule has 0 aromatic carbocycles. The van der Waals surface area contributed by atoms with Gasteiger partial charge in [0.05, 0.1) is 12.7 Å². The van der Waals surface area contributed by atoms with Crippen LogP contribution >= 0.6 is 0 Å². The molecule has 0 radical (unpaired) electrons. The molecule has 1 aliphatic heterocycles. The Morgan fingerprint density at radius 3 is 2.50 bits per heavy atom. The van der Waals surface area contributed by atoms with E-state index in [9.17, 15) is 0 Å². The molecule has 1 N–H and O–H groups in total. The van der Waals surface area contributed by atoms with Gasteiger partial charge in [0.15, 0.2) is 0 Å². The summed E-state index contributed by atoms with van der Waals surface area (Å²) in [6.07, 6.45) is 0.0509. The van der Waals surface area contributed by atoms with E-state index in [1.807, 2.05) is 6.92 Å². The molecular formula is C3H8BNaO3. The summed E-state index contributed by atoms with van der Waals surface area (Å²) in [5.41, 5.74) is 0. The number of hydrogen-bond donors (Lipinski definition) is 1. The van der Waals surface area contributed by atoms with Crippen LogP contribution in [0.25, 0.3) is 0 Å². The van der Waals surface area contributed by atoms with Gasteiger partial charge in [0.25, 0.3) is 0 Å². The molecule has 0 spiro atoms. The number of hydrogen-bond acceptors (Lipinski definition) is 3. The van der Waals surface area contributed by atoms with E-state index in [4.69, 9.17) is 9.68 Å². The second kappa shape index (κ2) is 3.87. The van der Waals surface area contributed by atoms with Gasteiger partial charge in [-0.25, -0.2) is 0 Å². The first-order chi connectivity index (χ1) is 3.29. The van der Waals surface area contributed by atoms with Crippen molar-refractivity contribution in [2.45, 2.75) is 13.0 Å². The molecule has 0 aromatic heterocycles. The van der Waals surface area contributed by atoms with Crippen molar-refractivity contribution in [3.63, 3.8) is 0 Å².